The molecule has 0 spiro atoms. The fourth-order valence-electron chi connectivity index (χ4n) is 1.43. The van der Waals surface area contributed by atoms with Gasteiger partial charge in [0.05, 0.1) is 10.0 Å². The quantitative estimate of drug-likeness (QED) is 0.862. The van der Waals surface area contributed by atoms with Gasteiger partial charge in [0.25, 0.3) is 0 Å². The Bertz CT molecular complexity index is 529. The molecule has 18 heavy (non-hydrogen) atoms. The molecule has 1 aromatic heterocycles. The van der Waals surface area contributed by atoms with E-state index in [4.69, 9.17) is 28.9 Å². The lowest BCUT2D eigenvalue weighted by atomic mass is 10.1. The summed E-state index contributed by atoms with van der Waals surface area (Å²) in [5.74, 6) is 0.776. The first-order valence-corrected chi connectivity index (χ1v) is 7.15. The molecule has 0 saturated carbocycles. The third-order valence-electron chi connectivity index (χ3n) is 2.43. The monoisotopic (exact) mass is 298 g/mol. The summed E-state index contributed by atoms with van der Waals surface area (Å²) in [4.78, 5) is 4.22. The summed E-state index contributed by atoms with van der Waals surface area (Å²) in [5.41, 5.74) is 7.68. The standard InChI is InChI=1S/C13H12Cl2N2S/c14-11-3-4-13(17-7-11)18-8-10-2-1-9(6-16)5-12(10)15/h1-5,7H,6,8,16H2. The smallest absolute Gasteiger partial charge is 0.0964 e. The number of halogens is 2. The van der Waals surface area contributed by atoms with Crippen LogP contribution in [0.3, 0.4) is 0 Å². The molecule has 0 amide bonds. The van der Waals surface area contributed by atoms with E-state index >= 15 is 0 Å². The first-order chi connectivity index (χ1) is 8.69. The van der Waals surface area contributed by atoms with Crippen molar-refractivity contribution in [2.45, 2.75) is 17.3 Å². The molecule has 2 aromatic rings. The van der Waals surface area contributed by atoms with E-state index in [1.54, 1.807) is 18.0 Å². The van der Waals surface area contributed by atoms with Gasteiger partial charge in [-0.15, -0.1) is 11.8 Å². The number of hydrogen-bond donors (Lipinski definition) is 1. The molecule has 1 aromatic carbocycles. The maximum absolute atomic E-state index is 6.19. The Balaban J connectivity index is 2.04. The van der Waals surface area contributed by atoms with Crippen molar-refractivity contribution < 1.29 is 0 Å². The summed E-state index contributed by atoms with van der Waals surface area (Å²) in [6, 6.07) is 9.64. The lowest BCUT2D eigenvalue weighted by Gasteiger charge is -2.06. The number of nitrogens with two attached hydrogens (primary N) is 1. The third kappa shape index (κ3) is 3.62. The minimum Gasteiger partial charge on any atom is -0.326 e. The third-order valence-corrected chi connectivity index (χ3v) is 4.00. The van der Waals surface area contributed by atoms with E-state index in [0.717, 1.165) is 26.9 Å². The molecule has 0 fully saturated rings. The number of nitrogens with zero attached hydrogens (tertiary/aromatic N) is 1. The molecule has 2 rings (SSSR count). The van der Waals surface area contributed by atoms with Crippen LogP contribution in [0.4, 0.5) is 0 Å². The van der Waals surface area contributed by atoms with Crippen molar-refractivity contribution in [3.8, 4) is 0 Å². The molecule has 0 atom stereocenters. The molecule has 0 bridgehead atoms. The maximum atomic E-state index is 6.19. The first-order valence-electron chi connectivity index (χ1n) is 5.41. The molecular weight excluding hydrogens is 287 g/mol. The lowest BCUT2D eigenvalue weighted by Crippen LogP contribution is -1.96. The summed E-state index contributed by atoms with van der Waals surface area (Å²) in [7, 11) is 0. The maximum Gasteiger partial charge on any atom is 0.0964 e. The molecule has 2 nitrogen and oxygen atoms in total. The van der Waals surface area contributed by atoms with E-state index in [2.05, 4.69) is 4.98 Å². The first kappa shape index (κ1) is 13.7. The number of benzene rings is 1. The van der Waals surface area contributed by atoms with Crippen LogP contribution < -0.4 is 5.73 Å². The van der Waals surface area contributed by atoms with Gasteiger partial charge in [-0.05, 0) is 29.3 Å². The molecular formula is C13H12Cl2N2S. The SMILES string of the molecule is NCc1ccc(CSc2ccc(Cl)cn2)c(Cl)c1. The van der Waals surface area contributed by atoms with Crippen molar-refractivity contribution in [2.24, 2.45) is 5.73 Å². The predicted molar refractivity (Wildman–Crippen MR) is 78.2 cm³/mol. The van der Waals surface area contributed by atoms with Gasteiger partial charge >= 0.3 is 0 Å². The van der Waals surface area contributed by atoms with Crippen LogP contribution in [0, 0.1) is 0 Å². The molecule has 0 aliphatic rings. The Morgan fingerprint density at radius 2 is 2.00 bits per heavy atom. The van der Waals surface area contributed by atoms with E-state index in [0.29, 0.717) is 11.6 Å². The number of rotatable bonds is 4. The van der Waals surface area contributed by atoms with Crippen molar-refractivity contribution in [2.75, 3.05) is 0 Å². The van der Waals surface area contributed by atoms with Crippen molar-refractivity contribution in [1.29, 1.82) is 0 Å². The molecule has 5 heteroatoms. The Labute approximate surface area is 121 Å². The van der Waals surface area contributed by atoms with Crippen LogP contribution >= 0.6 is 35.0 Å². The largest absolute Gasteiger partial charge is 0.326 e. The number of hydrogen-bond acceptors (Lipinski definition) is 3. The Kier molecular flexibility index (Phi) is 4.89. The summed E-state index contributed by atoms with van der Waals surface area (Å²) >= 11 is 13.6. The zero-order valence-electron chi connectivity index (χ0n) is 9.57. The van der Waals surface area contributed by atoms with Crippen LogP contribution in [-0.4, -0.2) is 4.98 Å². The second-order valence-electron chi connectivity index (χ2n) is 3.73. The predicted octanol–water partition coefficient (Wildman–Crippen LogP) is 4.14. The molecule has 0 unspecified atom stereocenters. The van der Waals surface area contributed by atoms with E-state index in [9.17, 15) is 0 Å². The van der Waals surface area contributed by atoms with Gasteiger partial charge in [-0.3, -0.25) is 0 Å². The van der Waals surface area contributed by atoms with Crippen molar-refractivity contribution in [3.05, 3.63) is 57.7 Å². The summed E-state index contributed by atoms with van der Waals surface area (Å²) < 4.78 is 0. The molecule has 2 N–H and O–H groups in total. The Hall–Kier alpha value is -0.740. The highest BCUT2D eigenvalue weighted by atomic mass is 35.5. The zero-order chi connectivity index (χ0) is 13.0. The number of aromatic nitrogens is 1. The van der Waals surface area contributed by atoms with Crippen LogP contribution in [0.15, 0.2) is 41.6 Å². The molecule has 0 radical (unpaired) electrons. The van der Waals surface area contributed by atoms with Crippen molar-refractivity contribution in [3.63, 3.8) is 0 Å². The average Bonchev–Trinajstić information content (AvgIpc) is 2.39. The summed E-state index contributed by atoms with van der Waals surface area (Å²) in [6.45, 7) is 0.506. The van der Waals surface area contributed by atoms with Gasteiger partial charge in [-0.25, -0.2) is 4.98 Å². The molecule has 0 aliphatic heterocycles. The summed E-state index contributed by atoms with van der Waals surface area (Å²) in [6.07, 6.45) is 1.64. The Morgan fingerprint density at radius 1 is 1.17 bits per heavy atom. The van der Waals surface area contributed by atoms with Crippen LogP contribution in [-0.2, 0) is 12.3 Å². The highest BCUT2D eigenvalue weighted by Gasteiger charge is 2.03. The minimum atomic E-state index is 0.506. The second kappa shape index (κ2) is 6.43. The molecule has 0 aliphatic carbocycles. The summed E-state index contributed by atoms with van der Waals surface area (Å²) in [5, 5.41) is 2.32. The van der Waals surface area contributed by atoms with Crippen LogP contribution in [0.25, 0.3) is 0 Å². The van der Waals surface area contributed by atoms with Crippen LogP contribution in [0.2, 0.25) is 10.0 Å². The highest BCUT2D eigenvalue weighted by molar-refractivity contribution is 7.98. The van der Waals surface area contributed by atoms with Gasteiger partial charge in [0.1, 0.15) is 0 Å². The van der Waals surface area contributed by atoms with E-state index < -0.39 is 0 Å². The Morgan fingerprint density at radius 3 is 2.61 bits per heavy atom. The van der Waals surface area contributed by atoms with E-state index in [1.807, 2.05) is 30.3 Å². The molecule has 0 saturated heterocycles. The van der Waals surface area contributed by atoms with Crippen LogP contribution in [0.1, 0.15) is 11.1 Å². The minimum absolute atomic E-state index is 0.506. The van der Waals surface area contributed by atoms with Gasteiger partial charge in [-0.2, -0.15) is 0 Å². The van der Waals surface area contributed by atoms with Gasteiger partial charge < -0.3 is 5.73 Å². The van der Waals surface area contributed by atoms with Crippen molar-refractivity contribution >= 4 is 35.0 Å². The lowest BCUT2D eigenvalue weighted by molar-refractivity contribution is 1.07. The van der Waals surface area contributed by atoms with E-state index in [-0.39, 0.29) is 0 Å². The fraction of sp³-hybridized carbons (Fsp3) is 0.154. The van der Waals surface area contributed by atoms with Gasteiger partial charge in [-0.1, -0.05) is 35.3 Å². The number of pyridine rings is 1. The zero-order valence-corrected chi connectivity index (χ0v) is 11.9. The van der Waals surface area contributed by atoms with Gasteiger partial charge in [0.15, 0.2) is 0 Å². The molecule has 94 valence electrons. The van der Waals surface area contributed by atoms with Gasteiger partial charge in [0, 0.05) is 23.5 Å². The van der Waals surface area contributed by atoms with Crippen LogP contribution in [0.5, 0.6) is 0 Å². The topological polar surface area (TPSA) is 38.9 Å². The average molecular weight is 299 g/mol. The van der Waals surface area contributed by atoms with E-state index in [1.165, 1.54) is 0 Å². The normalized spacial score (nSPS) is 10.6. The number of thioether (sulfide) groups is 1. The van der Waals surface area contributed by atoms with Gasteiger partial charge in [0.2, 0.25) is 0 Å². The fourth-order valence-corrected chi connectivity index (χ4v) is 2.74. The van der Waals surface area contributed by atoms with Crippen molar-refractivity contribution in [1.82, 2.24) is 4.98 Å². The second-order valence-corrected chi connectivity index (χ2v) is 5.57. The highest BCUT2D eigenvalue weighted by Crippen LogP contribution is 2.26. The molecule has 1 heterocycles.